The van der Waals surface area contributed by atoms with E-state index in [9.17, 15) is 9.59 Å². The summed E-state index contributed by atoms with van der Waals surface area (Å²) in [4.78, 5) is 33.1. The summed E-state index contributed by atoms with van der Waals surface area (Å²) in [5.41, 5.74) is 3.87. The molecule has 6 rings (SSSR count). The van der Waals surface area contributed by atoms with Crippen LogP contribution in [0.25, 0.3) is 33.7 Å². The van der Waals surface area contributed by atoms with Gasteiger partial charge in [-0.15, -0.1) is 5.10 Å². The van der Waals surface area contributed by atoms with Crippen LogP contribution in [-0.4, -0.2) is 39.7 Å². The predicted molar refractivity (Wildman–Crippen MR) is 136 cm³/mol. The Bertz CT molecular complexity index is 1640. The molecule has 0 amide bonds. The highest BCUT2D eigenvalue weighted by atomic mass is 16.2. The molecule has 0 radical (unpaired) electrons. The van der Waals surface area contributed by atoms with Crippen molar-refractivity contribution >= 4 is 11.2 Å². The summed E-state index contributed by atoms with van der Waals surface area (Å²) in [6.07, 6.45) is 5.53. The van der Waals surface area contributed by atoms with Gasteiger partial charge in [0.2, 0.25) is 0 Å². The molecule has 1 aliphatic rings. The zero-order valence-corrected chi connectivity index (χ0v) is 19.9. The van der Waals surface area contributed by atoms with Crippen LogP contribution in [0.1, 0.15) is 49.4 Å². The Morgan fingerprint density at radius 2 is 1.81 bits per heavy atom. The van der Waals surface area contributed by atoms with Crippen LogP contribution in [0.5, 0.6) is 0 Å². The van der Waals surface area contributed by atoms with Gasteiger partial charge in [-0.05, 0) is 46.0 Å². The normalized spacial score (nSPS) is 14.5. The maximum atomic E-state index is 13.2. The van der Waals surface area contributed by atoms with Crippen molar-refractivity contribution in [2.24, 2.45) is 7.05 Å². The molecule has 0 atom stereocenters. The molecule has 36 heavy (non-hydrogen) atoms. The van der Waals surface area contributed by atoms with Gasteiger partial charge in [-0.1, -0.05) is 61.7 Å². The van der Waals surface area contributed by atoms with Crippen LogP contribution in [0.2, 0.25) is 0 Å². The molecule has 2 N–H and O–H groups in total. The molecular weight excluding hydrogens is 456 g/mol. The minimum Gasteiger partial charge on any atom is -0.317 e. The Labute approximate surface area is 206 Å². The van der Waals surface area contributed by atoms with Crippen LogP contribution in [-0.2, 0) is 13.6 Å². The minimum atomic E-state index is -0.459. The lowest BCUT2D eigenvalue weighted by Crippen LogP contribution is -2.33. The number of H-pyrrole nitrogens is 2. The van der Waals surface area contributed by atoms with Gasteiger partial charge in [-0.25, -0.2) is 14.9 Å². The third-order valence-corrected chi connectivity index (χ3v) is 7.11. The molecule has 1 fully saturated rings. The molecular formula is C26H26N8O2. The van der Waals surface area contributed by atoms with Crippen LogP contribution in [0, 0.1) is 0 Å². The van der Waals surface area contributed by atoms with Crippen molar-refractivity contribution < 1.29 is 0 Å². The Morgan fingerprint density at radius 3 is 2.56 bits per heavy atom. The number of nitrogens with one attached hydrogen (secondary N) is 2. The summed E-state index contributed by atoms with van der Waals surface area (Å²) in [5.74, 6) is 1.68. The van der Waals surface area contributed by atoms with Crippen molar-refractivity contribution in [3.05, 3.63) is 80.8 Å². The molecule has 10 heteroatoms. The summed E-state index contributed by atoms with van der Waals surface area (Å²) in [7, 11) is 1.49. The lowest BCUT2D eigenvalue weighted by molar-refractivity contribution is 0.420. The number of tetrazole rings is 1. The first kappa shape index (κ1) is 22.1. The average Bonchev–Trinajstić information content (AvgIpc) is 3.57. The zero-order valence-electron chi connectivity index (χ0n) is 19.9. The van der Waals surface area contributed by atoms with Gasteiger partial charge in [-0.3, -0.25) is 14.3 Å². The fraction of sp³-hybridized carbons (Fsp3) is 0.308. The Morgan fingerprint density at radius 1 is 1.00 bits per heavy atom. The maximum absolute atomic E-state index is 13.2. The molecule has 0 spiro atoms. The molecule has 0 bridgehead atoms. The van der Waals surface area contributed by atoms with Crippen molar-refractivity contribution in [1.29, 1.82) is 0 Å². The van der Waals surface area contributed by atoms with E-state index in [4.69, 9.17) is 4.98 Å². The van der Waals surface area contributed by atoms with E-state index in [1.165, 1.54) is 13.5 Å². The first-order valence-electron chi connectivity index (χ1n) is 12.2. The fourth-order valence-electron chi connectivity index (χ4n) is 5.25. The molecule has 3 aromatic heterocycles. The van der Waals surface area contributed by atoms with E-state index in [0.29, 0.717) is 23.5 Å². The molecule has 0 aliphatic heterocycles. The van der Waals surface area contributed by atoms with E-state index < -0.39 is 5.69 Å². The summed E-state index contributed by atoms with van der Waals surface area (Å²) in [6.45, 7) is 0.438. The smallest absolute Gasteiger partial charge is 0.317 e. The largest absolute Gasteiger partial charge is 0.329 e. The molecule has 0 unspecified atom stereocenters. The molecule has 1 saturated carbocycles. The van der Waals surface area contributed by atoms with E-state index in [1.54, 1.807) is 0 Å². The zero-order chi connectivity index (χ0) is 24.6. The molecule has 182 valence electrons. The number of fused-ring (bicyclic) bond motifs is 1. The number of hydrogen-bond donors (Lipinski definition) is 2. The van der Waals surface area contributed by atoms with Gasteiger partial charge in [0.05, 0.1) is 0 Å². The SMILES string of the molecule is Cn1c(=O)[nH]c2nc(C3CCCCC3)n(Cc3ccc(-c4ccccc4)c(-c4nnn[nH]4)c3)c2c1=O. The molecule has 1 aliphatic carbocycles. The second-order valence-electron chi connectivity index (χ2n) is 9.38. The van der Waals surface area contributed by atoms with Gasteiger partial charge >= 0.3 is 5.69 Å². The number of imidazole rings is 1. The first-order chi connectivity index (χ1) is 17.6. The van der Waals surface area contributed by atoms with Crippen molar-refractivity contribution in [3.8, 4) is 22.5 Å². The lowest BCUT2D eigenvalue weighted by Gasteiger charge is -2.22. The summed E-state index contributed by atoms with van der Waals surface area (Å²) in [6, 6.07) is 16.2. The molecule has 5 aromatic rings. The number of aromatic amines is 2. The van der Waals surface area contributed by atoms with Crippen molar-refractivity contribution in [3.63, 3.8) is 0 Å². The van der Waals surface area contributed by atoms with Gasteiger partial charge in [0.1, 0.15) is 5.82 Å². The summed E-state index contributed by atoms with van der Waals surface area (Å²) >= 11 is 0. The van der Waals surface area contributed by atoms with Gasteiger partial charge in [0.25, 0.3) is 5.56 Å². The standard InChI is InChI=1S/C26H26N8O2/c1-33-25(35)21-23(28-26(33)36)27-24(18-10-6-3-7-11-18)34(21)15-16-12-13-19(17-8-4-2-5-9-17)20(14-16)22-29-31-32-30-22/h2,4-5,8-9,12-14,18H,3,6-7,10-11,15H2,1H3,(H,28,36)(H,29,30,31,32). The van der Waals surface area contributed by atoms with Crippen molar-refractivity contribution in [2.45, 2.75) is 44.6 Å². The maximum Gasteiger partial charge on any atom is 0.329 e. The number of nitrogens with zero attached hydrogens (tertiary/aromatic N) is 6. The Hall–Kier alpha value is -4.34. The Kier molecular flexibility index (Phi) is 5.55. The fourth-order valence-corrected chi connectivity index (χ4v) is 5.25. The van der Waals surface area contributed by atoms with E-state index in [0.717, 1.165) is 58.3 Å². The second-order valence-corrected chi connectivity index (χ2v) is 9.38. The number of aromatic nitrogens is 8. The lowest BCUT2D eigenvalue weighted by atomic mass is 9.88. The predicted octanol–water partition coefficient (Wildman–Crippen LogP) is 3.37. The van der Waals surface area contributed by atoms with Crippen LogP contribution >= 0.6 is 0 Å². The van der Waals surface area contributed by atoms with Gasteiger partial charge in [0, 0.05) is 25.1 Å². The first-order valence-corrected chi connectivity index (χ1v) is 12.2. The summed E-state index contributed by atoms with van der Waals surface area (Å²) < 4.78 is 3.10. The minimum absolute atomic E-state index is 0.251. The third-order valence-electron chi connectivity index (χ3n) is 7.11. The van der Waals surface area contributed by atoms with Gasteiger partial charge < -0.3 is 4.57 Å². The number of rotatable bonds is 5. The van der Waals surface area contributed by atoms with E-state index in [1.807, 2.05) is 34.9 Å². The number of hydrogen-bond acceptors (Lipinski definition) is 6. The summed E-state index contributed by atoms with van der Waals surface area (Å²) in [5, 5.41) is 14.6. The highest BCUT2D eigenvalue weighted by Gasteiger charge is 2.25. The number of benzene rings is 2. The monoisotopic (exact) mass is 482 g/mol. The van der Waals surface area contributed by atoms with Crippen molar-refractivity contribution in [2.75, 3.05) is 0 Å². The quantitative estimate of drug-likeness (QED) is 0.395. The van der Waals surface area contributed by atoms with E-state index >= 15 is 0 Å². The van der Waals surface area contributed by atoms with E-state index in [-0.39, 0.29) is 11.5 Å². The highest BCUT2D eigenvalue weighted by molar-refractivity contribution is 5.81. The van der Waals surface area contributed by atoms with Crippen LogP contribution < -0.4 is 11.2 Å². The molecule has 3 heterocycles. The van der Waals surface area contributed by atoms with Crippen molar-refractivity contribution in [1.82, 2.24) is 39.7 Å². The molecule has 2 aromatic carbocycles. The molecule has 10 nitrogen and oxygen atoms in total. The van der Waals surface area contributed by atoms with Crippen LogP contribution in [0.4, 0.5) is 0 Å². The van der Waals surface area contributed by atoms with Crippen LogP contribution in [0.15, 0.2) is 58.1 Å². The third kappa shape index (κ3) is 3.84. The Balaban J connectivity index is 1.51. The second kappa shape index (κ2) is 9.03. The average molecular weight is 483 g/mol. The van der Waals surface area contributed by atoms with Crippen LogP contribution in [0.3, 0.4) is 0 Å². The topological polar surface area (TPSA) is 127 Å². The van der Waals surface area contributed by atoms with E-state index in [2.05, 4.69) is 43.8 Å². The van der Waals surface area contributed by atoms with Gasteiger partial charge in [-0.2, -0.15) is 0 Å². The highest BCUT2D eigenvalue weighted by Crippen LogP contribution is 2.35. The van der Waals surface area contributed by atoms with Gasteiger partial charge in [0.15, 0.2) is 17.0 Å². The molecule has 0 saturated heterocycles.